The summed E-state index contributed by atoms with van der Waals surface area (Å²) in [6, 6.07) is 0. The summed E-state index contributed by atoms with van der Waals surface area (Å²) in [4.78, 5) is 0. The van der Waals surface area contributed by atoms with Gasteiger partial charge in [-0.15, -0.1) is 0 Å². The Labute approximate surface area is 33.3 Å². The van der Waals surface area contributed by atoms with Crippen LogP contribution in [0.2, 0.25) is 0 Å². The lowest BCUT2D eigenvalue weighted by molar-refractivity contribution is 0.450. The van der Waals surface area contributed by atoms with Crippen molar-refractivity contribution in [2.45, 2.75) is 0 Å². The first kappa shape index (κ1) is 4.67. The molecule has 0 aliphatic heterocycles. The van der Waals surface area contributed by atoms with E-state index in [1.54, 1.807) is 0 Å². The molecular weight excluding hydrogens is 82.1 g/mol. The van der Waals surface area contributed by atoms with E-state index in [2.05, 4.69) is 4.43 Å². The molecule has 3 heteroatoms. The first-order valence-electron chi connectivity index (χ1n) is 1.09. The van der Waals surface area contributed by atoms with Crippen LogP contribution < -0.4 is 0 Å². The van der Waals surface area contributed by atoms with Crippen LogP contribution in [-0.4, -0.2) is 16.9 Å². The molecule has 0 heterocycles. The minimum Gasteiger partial charge on any atom is -0.407 e. The third-order valence-electron chi connectivity index (χ3n) is 0.148. The second kappa shape index (κ2) is 3.67. The highest BCUT2D eigenvalue weighted by Crippen LogP contribution is 1.48. The minimum absolute atomic E-state index is 0.00309. The van der Waals surface area contributed by atoms with Crippen LogP contribution in [0.5, 0.6) is 0 Å². The van der Waals surface area contributed by atoms with E-state index in [-0.39, 0.29) is 9.76 Å². The molecule has 0 spiro atoms. The van der Waals surface area contributed by atoms with Crippen LogP contribution in [0.25, 0.3) is 0 Å². The molecule has 0 amide bonds. The molecule has 0 atom stereocenters. The molecule has 0 rings (SSSR count). The molecule has 0 aromatic rings. The van der Waals surface area contributed by atoms with Gasteiger partial charge in [-0.2, -0.15) is 0 Å². The summed E-state index contributed by atoms with van der Waals surface area (Å²) in [5, 5.41) is 7.70. The van der Waals surface area contributed by atoms with E-state index in [0.29, 0.717) is 0 Å². The van der Waals surface area contributed by atoms with Crippen LogP contribution in [0.15, 0.2) is 0 Å². The highest BCUT2D eigenvalue weighted by Gasteiger charge is 1.71. The average Bonchev–Trinajstić information content (AvgIpc) is 1.41. The first-order chi connectivity index (χ1) is 2.41. The van der Waals surface area contributed by atoms with Crippen molar-refractivity contribution in [3.63, 3.8) is 0 Å². The van der Waals surface area contributed by atoms with Gasteiger partial charge >= 0.3 is 9.76 Å². The van der Waals surface area contributed by atoms with E-state index < -0.39 is 0 Å². The molecular formula is C2H3NOSi. The average molecular weight is 85.1 g/mol. The molecule has 0 aromatic carbocycles. The second-order valence-electron chi connectivity index (χ2n) is 0.418. The summed E-state index contributed by atoms with van der Waals surface area (Å²) >= 11 is 0. The Morgan fingerprint density at radius 2 is 2.60 bits per heavy atom. The predicted molar refractivity (Wildman–Crippen MR) is 18.4 cm³/mol. The molecule has 0 bridgehead atoms. The zero-order valence-corrected chi connectivity index (χ0v) is 3.86. The predicted octanol–water partition coefficient (Wildman–Crippen LogP) is -0.267. The fourth-order valence-electron chi connectivity index (χ4n) is 0.0456. The molecule has 0 saturated heterocycles. The number of hydrogen-bond acceptors (Lipinski definition) is 2. The topological polar surface area (TPSA) is 33.0 Å². The molecule has 0 aliphatic rings. The van der Waals surface area contributed by atoms with Gasteiger partial charge in [0.25, 0.3) is 0 Å². The Hall–Kier alpha value is -0.333. The maximum Gasteiger partial charge on any atom is 0.371 e. The van der Waals surface area contributed by atoms with Gasteiger partial charge in [0.2, 0.25) is 0 Å². The highest BCUT2D eigenvalue weighted by atomic mass is 28.2. The SMILES string of the molecule is CO[Si]C#N. The van der Waals surface area contributed by atoms with Crippen LogP contribution in [0.1, 0.15) is 0 Å². The number of hydrogen-bond donors (Lipinski definition) is 0. The number of nitriles is 1. The van der Waals surface area contributed by atoms with Crippen LogP contribution in [0.3, 0.4) is 0 Å². The molecule has 5 heavy (non-hydrogen) atoms. The van der Waals surface area contributed by atoms with E-state index in [0.717, 1.165) is 0 Å². The minimum atomic E-state index is 0.00309. The van der Waals surface area contributed by atoms with Gasteiger partial charge in [0.05, 0.1) is 5.69 Å². The second-order valence-corrected chi connectivity index (χ2v) is 1.25. The lowest BCUT2D eigenvalue weighted by atomic mass is 11.8. The van der Waals surface area contributed by atoms with Crippen molar-refractivity contribution in [1.29, 1.82) is 5.26 Å². The van der Waals surface area contributed by atoms with Crippen molar-refractivity contribution < 1.29 is 4.43 Å². The first-order valence-corrected chi connectivity index (χ1v) is 1.99. The largest absolute Gasteiger partial charge is 0.407 e. The normalized spacial score (nSPS) is 6.40. The van der Waals surface area contributed by atoms with Crippen molar-refractivity contribution >= 4 is 9.76 Å². The lowest BCUT2D eigenvalue weighted by Gasteiger charge is -1.69. The molecule has 0 saturated carbocycles. The standard InChI is InChI=1S/C2H3NOSi/c1-4-5-2-3/h1H3. The van der Waals surface area contributed by atoms with Crippen LogP contribution in [0, 0.1) is 11.0 Å². The van der Waals surface area contributed by atoms with Crippen LogP contribution >= 0.6 is 0 Å². The van der Waals surface area contributed by atoms with Crippen molar-refractivity contribution in [2.24, 2.45) is 0 Å². The van der Waals surface area contributed by atoms with Gasteiger partial charge in [-0.1, -0.05) is 0 Å². The molecule has 2 nitrogen and oxygen atoms in total. The molecule has 2 radical (unpaired) electrons. The Morgan fingerprint density at radius 3 is 2.60 bits per heavy atom. The lowest BCUT2D eigenvalue weighted by Crippen LogP contribution is -1.84. The summed E-state index contributed by atoms with van der Waals surface area (Å²) in [5.41, 5.74) is 1.82. The van der Waals surface area contributed by atoms with Gasteiger partial charge in [-0.3, -0.25) is 0 Å². The van der Waals surface area contributed by atoms with Gasteiger partial charge in [0, 0.05) is 7.11 Å². The van der Waals surface area contributed by atoms with Gasteiger partial charge in [-0.05, 0) is 0 Å². The van der Waals surface area contributed by atoms with Crippen molar-refractivity contribution in [2.75, 3.05) is 7.11 Å². The molecule has 0 unspecified atom stereocenters. The molecule has 0 fully saturated rings. The number of nitrogens with zero attached hydrogens (tertiary/aromatic N) is 1. The third kappa shape index (κ3) is 3.67. The Balaban J connectivity index is 2.48. The van der Waals surface area contributed by atoms with E-state index >= 15 is 0 Å². The smallest absolute Gasteiger partial charge is 0.371 e. The molecule has 26 valence electrons. The number of rotatable bonds is 1. The summed E-state index contributed by atoms with van der Waals surface area (Å²) in [5.74, 6) is 0. The molecule has 0 aromatic heterocycles. The van der Waals surface area contributed by atoms with Gasteiger partial charge in [0.15, 0.2) is 0 Å². The van der Waals surface area contributed by atoms with E-state index in [9.17, 15) is 0 Å². The quantitative estimate of drug-likeness (QED) is 0.411. The fourth-order valence-corrected chi connectivity index (χ4v) is 0.137. The Morgan fingerprint density at radius 1 is 2.00 bits per heavy atom. The molecule has 0 aliphatic carbocycles. The molecule has 0 N–H and O–H groups in total. The van der Waals surface area contributed by atoms with Crippen molar-refractivity contribution in [1.82, 2.24) is 0 Å². The summed E-state index contributed by atoms with van der Waals surface area (Å²) in [6.07, 6.45) is 0. The van der Waals surface area contributed by atoms with Gasteiger partial charge < -0.3 is 4.43 Å². The summed E-state index contributed by atoms with van der Waals surface area (Å²) in [7, 11) is 1.50. The highest BCUT2D eigenvalue weighted by molar-refractivity contribution is 6.37. The fraction of sp³-hybridized carbons (Fsp3) is 0.500. The summed E-state index contributed by atoms with van der Waals surface area (Å²) < 4.78 is 4.36. The third-order valence-corrected chi connectivity index (χ3v) is 0.443. The van der Waals surface area contributed by atoms with Gasteiger partial charge in [0.1, 0.15) is 0 Å². The zero-order chi connectivity index (χ0) is 4.12. The van der Waals surface area contributed by atoms with E-state index in [1.165, 1.54) is 7.11 Å². The Kier molecular flexibility index (Phi) is 3.42. The zero-order valence-electron chi connectivity index (χ0n) is 2.86. The maximum absolute atomic E-state index is 7.70. The van der Waals surface area contributed by atoms with Crippen molar-refractivity contribution in [3.05, 3.63) is 0 Å². The monoisotopic (exact) mass is 85.0 g/mol. The maximum atomic E-state index is 7.70. The van der Waals surface area contributed by atoms with Crippen LogP contribution in [-0.2, 0) is 4.43 Å². The Bertz CT molecular complexity index is 48.1. The van der Waals surface area contributed by atoms with Gasteiger partial charge in [-0.25, -0.2) is 5.26 Å². The van der Waals surface area contributed by atoms with Crippen molar-refractivity contribution in [3.8, 4) is 5.69 Å². The van der Waals surface area contributed by atoms with Crippen LogP contribution in [0.4, 0.5) is 0 Å². The van der Waals surface area contributed by atoms with E-state index in [1.807, 2.05) is 5.69 Å². The summed E-state index contributed by atoms with van der Waals surface area (Å²) in [6.45, 7) is 0. The van der Waals surface area contributed by atoms with E-state index in [4.69, 9.17) is 5.26 Å².